The van der Waals surface area contributed by atoms with Crippen LogP contribution in [0.3, 0.4) is 0 Å². The lowest BCUT2D eigenvalue weighted by atomic mass is 10.1. The van der Waals surface area contributed by atoms with Gasteiger partial charge in [0.1, 0.15) is 0 Å². The van der Waals surface area contributed by atoms with Crippen LogP contribution < -0.4 is 11.1 Å². The largest absolute Gasteiger partial charge is 0.383 e. The molecule has 20 heavy (non-hydrogen) atoms. The van der Waals surface area contributed by atoms with Gasteiger partial charge in [-0.25, -0.2) is 0 Å². The maximum atomic E-state index is 11.9. The number of anilines is 1. The average molecular weight is 279 g/mol. The van der Waals surface area contributed by atoms with Crippen molar-refractivity contribution >= 4 is 11.6 Å². The number of hydrogen-bond donors (Lipinski definition) is 2. The van der Waals surface area contributed by atoms with E-state index in [0.717, 1.165) is 18.5 Å². The van der Waals surface area contributed by atoms with E-state index in [1.807, 2.05) is 24.3 Å². The van der Waals surface area contributed by atoms with Gasteiger partial charge in [0.2, 0.25) is 0 Å². The molecule has 1 aromatic carbocycles. The predicted molar refractivity (Wildman–Crippen MR) is 82.0 cm³/mol. The highest BCUT2D eigenvalue weighted by Gasteiger charge is 2.11. The minimum Gasteiger partial charge on any atom is -0.383 e. The van der Waals surface area contributed by atoms with E-state index in [-0.39, 0.29) is 11.9 Å². The highest BCUT2D eigenvalue weighted by Crippen LogP contribution is 2.14. The number of methoxy groups -OCH3 is 1. The molecule has 0 aliphatic rings. The van der Waals surface area contributed by atoms with Gasteiger partial charge in [-0.2, -0.15) is 0 Å². The molecule has 1 rings (SSSR count). The van der Waals surface area contributed by atoms with Crippen LogP contribution in [0.1, 0.15) is 23.2 Å². The summed E-state index contributed by atoms with van der Waals surface area (Å²) in [5.74, 6) is -0.00102. The van der Waals surface area contributed by atoms with Crippen molar-refractivity contribution in [2.24, 2.45) is 5.73 Å². The first-order valence-corrected chi connectivity index (χ1v) is 6.85. The van der Waals surface area contributed by atoms with Crippen molar-refractivity contribution in [1.29, 1.82) is 0 Å². The lowest BCUT2D eigenvalue weighted by Crippen LogP contribution is -2.26. The molecule has 0 saturated heterocycles. The Morgan fingerprint density at radius 2 is 2.20 bits per heavy atom. The number of nitrogens with zero attached hydrogens (tertiary/aromatic N) is 1. The molecule has 0 saturated carbocycles. The minimum atomic E-state index is -0.00102. The maximum Gasteiger partial charge on any atom is 0.253 e. The molecule has 0 aliphatic carbocycles. The molecular weight excluding hydrogens is 254 g/mol. The lowest BCUT2D eigenvalue weighted by molar-refractivity contribution is 0.0827. The SMILES string of the molecule is COCC(CCCN)Nc1cccc(C(=O)N(C)C)c1. The molecule has 112 valence electrons. The standard InChI is InChI=1S/C15H25N3O2/c1-18(2)15(19)12-6-4-7-13(10-12)17-14(11-20-3)8-5-9-16/h4,6-7,10,14,17H,5,8-9,11,16H2,1-3H3. The number of amides is 1. The summed E-state index contributed by atoms with van der Waals surface area (Å²) in [5, 5.41) is 3.40. The second-order valence-corrected chi connectivity index (χ2v) is 5.01. The molecule has 1 amide bonds. The van der Waals surface area contributed by atoms with Crippen LogP contribution in [0.15, 0.2) is 24.3 Å². The lowest BCUT2D eigenvalue weighted by Gasteiger charge is -2.19. The van der Waals surface area contributed by atoms with E-state index in [0.29, 0.717) is 18.7 Å². The van der Waals surface area contributed by atoms with E-state index in [4.69, 9.17) is 10.5 Å². The van der Waals surface area contributed by atoms with Gasteiger partial charge in [-0.1, -0.05) is 6.07 Å². The van der Waals surface area contributed by atoms with E-state index >= 15 is 0 Å². The number of carbonyl (C=O) groups excluding carboxylic acids is 1. The number of nitrogens with two attached hydrogens (primary N) is 1. The number of nitrogens with one attached hydrogen (secondary N) is 1. The van der Waals surface area contributed by atoms with Gasteiger partial charge in [0.05, 0.1) is 6.61 Å². The molecule has 5 heteroatoms. The zero-order chi connectivity index (χ0) is 15.0. The number of carbonyl (C=O) groups is 1. The second-order valence-electron chi connectivity index (χ2n) is 5.01. The molecule has 0 aliphatic heterocycles. The Bertz CT molecular complexity index is 421. The van der Waals surface area contributed by atoms with Crippen molar-refractivity contribution in [1.82, 2.24) is 4.90 Å². The quantitative estimate of drug-likeness (QED) is 0.757. The predicted octanol–water partition coefficient (Wildman–Crippen LogP) is 1.55. The zero-order valence-corrected chi connectivity index (χ0v) is 12.6. The monoisotopic (exact) mass is 279 g/mol. The summed E-state index contributed by atoms with van der Waals surface area (Å²) in [7, 11) is 5.18. The highest BCUT2D eigenvalue weighted by molar-refractivity contribution is 5.94. The third kappa shape index (κ3) is 5.19. The summed E-state index contributed by atoms with van der Waals surface area (Å²) >= 11 is 0. The fourth-order valence-corrected chi connectivity index (χ4v) is 2.00. The van der Waals surface area contributed by atoms with Crippen molar-refractivity contribution in [3.8, 4) is 0 Å². The van der Waals surface area contributed by atoms with Crippen molar-refractivity contribution in [2.45, 2.75) is 18.9 Å². The van der Waals surface area contributed by atoms with Gasteiger partial charge < -0.3 is 20.7 Å². The van der Waals surface area contributed by atoms with Crippen molar-refractivity contribution < 1.29 is 9.53 Å². The number of rotatable bonds is 8. The number of hydrogen-bond acceptors (Lipinski definition) is 4. The van der Waals surface area contributed by atoms with E-state index in [9.17, 15) is 4.79 Å². The van der Waals surface area contributed by atoms with Crippen LogP contribution in [-0.4, -0.2) is 51.2 Å². The topological polar surface area (TPSA) is 67.6 Å². The first kappa shape index (κ1) is 16.5. The molecule has 0 heterocycles. The van der Waals surface area contributed by atoms with Crippen LogP contribution in [0.2, 0.25) is 0 Å². The van der Waals surface area contributed by atoms with Crippen LogP contribution in [0.25, 0.3) is 0 Å². The van der Waals surface area contributed by atoms with Gasteiger partial charge >= 0.3 is 0 Å². The molecule has 0 bridgehead atoms. The Hall–Kier alpha value is -1.59. The third-order valence-electron chi connectivity index (χ3n) is 3.01. The first-order valence-electron chi connectivity index (χ1n) is 6.85. The molecule has 1 aromatic rings. The molecule has 5 nitrogen and oxygen atoms in total. The summed E-state index contributed by atoms with van der Waals surface area (Å²) in [6, 6.07) is 7.73. The zero-order valence-electron chi connectivity index (χ0n) is 12.6. The summed E-state index contributed by atoms with van der Waals surface area (Å²) in [4.78, 5) is 13.5. The van der Waals surface area contributed by atoms with Crippen LogP contribution in [0.4, 0.5) is 5.69 Å². The van der Waals surface area contributed by atoms with Crippen molar-refractivity contribution in [3.05, 3.63) is 29.8 Å². The van der Waals surface area contributed by atoms with Gasteiger partial charge in [0.25, 0.3) is 5.91 Å². The third-order valence-corrected chi connectivity index (χ3v) is 3.01. The summed E-state index contributed by atoms with van der Waals surface area (Å²) in [6.07, 6.45) is 1.88. The summed E-state index contributed by atoms with van der Waals surface area (Å²) in [6.45, 7) is 1.28. The van der Waals surface area contributed by atoms with E-state index < -0.39 is 0 Å². The maximum absolute atomic E-state index is 11.9. The Balaban J connectivity index is 2.74. The van der Waals surface area contributed by atoms with Crippen molar-refractivity contribution in [2.75, 3.05) is 39.7 Å². The fraction of sp³-hybridized carbons (Fsp3) is 0.533. The van der Waals surface area contributed by atoms with Gasteiger partial charge in [-0.3, -0.25) is 4.79 Å². The molecule has 0 spiro atoms. The molecule has 3 N–H and O–H groups in total. The summed E-state index contributed by atoms with van der Waals surface area (Å²) in [5.41, 5.74) is 7.15. The molecular formula is C15H25N3O2. The van der Waals surface area contributed by atoms with E-state index in [2.05, 4.69) is 5.32 Å². The molecule has 0 radical (unpaired) electrons. The van der Waals surface area contributed by atoms with Crippen LogP contribution in [0.5, 0.6) is 0 Å². The van der Waals surface area contributed by atoms with Crippen molar-refractivity contribution in [3.63, 3.8) is 0 Å². The van der Waals surface area contributed by atoms with Gasteiger partial charge in [-0.15, -0.1) is 0 Å². The van der Waals surface area contributed by atoms with Crippen LogP contribution >= 0.6 is 0 Å². The van der Waals surface area contributed by atoms with E-state index in [1.165, 1.54) is 0 Å². The Morgan fingerprint density at radius 1 is 1.45 bits per heavy atom. The molecule has 1 atom stereocenters. The van der Waals surface area contributed by atoms with Gasteiger partial charge in [0.15, 0.2) is 0 Å². The van der Waals surface area contributed by atoms with Gasteiger partial charge in [-0.05, 0) is 37.6 Å². The number of benzene rings is 1. The molecule has 0 aromatic heterocycles. The minimum absolute atomic E-state index is 0.00102. The first-order chi connectivity index (χ1) is 9.58. The van der Waals surface area contributed by atoms with Gasteiger partial charge in [0, 0.05) is 38.5 Å². The fourth-order valence-electron chi connectivity index (χ4n) is 2.00. The molecule has 1 unspecified atom stereocenters. The second kappa shape index (κ2) is 8.55. The Labute approximate surface area is 121 Å². The average Bonchev–Trinajstić information content (AvgIpc) is 2.44. The Morgan fingerprint density at radius 3 is 2.80 bits per heavy atom. The molecule has 0 fully saturated rings. The Kier molecular flexibility index (Phi) is 7.04. The number of ether oxygens (including phenoxy) is 1. The van der Waals surface area contributed by atoms with E-state index in [1.54, 1.807) is 26.1 Å². The van der Waals surface area contributed by atoms with Crippen LogP contribution in [-0.2, 0) is 4.74 Å². The highest BCUT2D eigenvalue weighted by atomic mass is 16.5. The normalized spacial score (nSPS) is 12.0. The smallest absolute Gasteiger partial charge is 0.253 e. The summed E-state index contributed by atoms with van der Waals surface area (Å²) < 4.78 is 5.21. The van der Waals surface area contributed by atoms with Crippen LogP contribution in [0, 0.1) is 0 Å².